The van der Waals surface area contributed by atoms with E-state index >= 15 is 0 Å². The van der Waals surface area contributed by atoms with Gasteiger partial charge in [-0.1, -0.05) is 11.6 Å². The summed E-state index contributed by atoms with van der Waals surface area (Å²) in [4.78, 5) is 11.0. The maximum atomic E-state index is 11.0. The molecule has 1 rings (SSSR count). The molecule has 0 saturated heterocycles. The van der Waals surface area contributed by atoms with Crippen LogP contribution in [0.4, 0.5) is 0 Å². The second kappa shape index (κ2) is 3.51. The van der Waals surface area contributed by atoms with Crippen LogP contribution in [0, 0.1) is 0 Å². The van der Waals surface area contributed by atoms with E-state index in [1.807, 2.05) is 13.0 Å². The number of carbonyl (C=O) groups excluding carboxylic acids is 1. The van der Waals surface area contributed by atoms with E-state index in [-0.39, 0.29) is 0 Å². The van der Waals surface area contributed by atoms with Gasteiger partial charge in [0, 0.05) is 6.42 Å². The van der Waals surface area contributed by atoms with Gasteiger partial charge in [-0.2, -0.15) is 0 Å². The normalized spacial score (nSPS) is 16.6. The predicted molar refractivity (Wildman–Crippen MR) is 46.4 cm³/mol. The Morgan fingerprint density at radius 1 is 1.64 bits per heavy atom. The fourth-order valence-electron chi connectivity index (χ4n) is 1.36. The van der Waals surface area contributed by atoms with Crippen molar-refractivity contribution in [1.29, 1.82) is 0 Å². The third kappa shape index (κ3) is 1.79. The van der Waals surface area contributed by atoms with Gasteiger partial charge in [0.2, 0.25) is 0 Å². The highest BCUT2D eigenvalue weighted by Gasteiger charge is 2.21. The summed E-state index contributed by atoms with van der Waals surface area (Å²) in [5.74, 6) is 0.353. The number of carbonyl (C=O) groups is 1. The van der Waals surface area contributed by atoms with Crippen molar-refractivity contribution in [2.75, 3.05) is 0 Å². The monoisotopic (exact) mass is 150 g/mol. The van der Waals surface area contributed by atoms with E-state index in [0.717, 1.165) is 24.8 Å². The minimum Gasteiger partial charge on any atom is -0.294 e. The van der Waals surface area contributed by atoms with Crippen LogP contribution in [0.25, 0.3) is 0 Å². The van der Waals surface area contributed by atoms with Crippen molar-refractivity contribution in [3.63, 3.8) is 0 Å². The molecule has 0 amide bonds. The lowest BCUT2D eigenvalue weighted by atomic mass is 9.85. The highest BCUT2D eigenvalue weighted by Crippen LogP contribution is 2.27. The van der Waals surface area contributed by atoms with E-state index in [2.05, 4.69) is 6.58 Å². The number of hydrogen-bond acceptors (Lipinski definition) is 1. The van der Waals surface area contributed by atoms with E-state index in [1.165, 1.54) is 5.57 Å². The molecule has 0 saturated carbocycles. The highest BCUT2D eigenvalue weighted by molar-refractivity contribution is 6.04. The van der Waals surface area contributed by atoms with E-state index in [1.54, 1.807) is 0 Å². The summed E-state index contributed by atoms with van der Waals surface area (Å²) in [6, 6.07) is 0. The smallest absolute Gasteiger partial charge is 0.162 e. The molecule has 0 unspecified atom stereocenters. The summed E-state index contributed by atoms with van der Waals surface area (Å²) >= 11 is 0. The number of Topliss-reactive ketones (excluding diaryl/α,β-unsaturated/α-hetero) is 1. The van der Waals surface area contributed by atoms with Gasteiger partial charge in [-0.25, -0.2) is 0 Å². The van der Waals surface area contributed by atoms with Crippen molar-refractivity contribution >= 4 is 5.78 Å². The maximum Gasteiger partial charge on any atom is 0.162 e. The Bertz CT molecular complexity index is 211. The van der Waals surface area contributed by atoms with Crippen LogP contribution in [-0.2, 0) is 4.79 Å². The van der Waals surface area contributed by atoms with Crippen LogP contribution in [-0.4, -0.2) is 5.78 Å². The topological polar surface area (TPSA) is 17.1 Å². The fraction of sp³-hybridized carbons (Fsp3) is 0.500. The first kappa shape index (κ1) is 8.25. The Kier molecular flexibility index (Phi) is 2.64. The van der Waals surface area contributed by atoms with Gasteiger partial charge in [0.25, 0.3) is 0 Å². The van der Waals surface area contributed by atoms with Crippen LogP contribution in [0.1, 0.15) is 32.6 Å². The van der Waals surface area contributed by atoms with E-state index in [9.17, 15) is 4.79 Å². The molecule has 1 aliphatic rings. The number of hydrogen-bond donors (Lipinski definition) is 0. The number of unbranched alkanes of at least 4 members (excludes halogenated alkanes) is 1. The lowest BCUT2D eigenvalue weighted by Crippen LogP contribution is -2.15. The molecule has 11 heavy (non-hydrogen) atoms. The molecular weight excluding hydrogens is 136 g/mol. The standard InChI is InChI=1S/C10H14O/c1-3-4-5-6-9-8(2)7-10(9)11/h3H,1,4-7H2,2H3. The van der Waals surface area contributed by atoms with Gasteiger partial charge in [0.1, 0.15) is 0 Å². The van der Waals surface area contributed by atoms with Gasteiger partial charge in [0.15, 0.2) is 5.78 Å². The Balaban J connectivity index is 2.32. The molecule has 0 aliphatic heterocycles. The average molecular weight is 150 g/mol. The summed E-state index contributed by atoms with van der Waals surface area (Å²) in [6.07, 6.45) is 5.64. The zero-order valence-corrected chi connectivity index (χ0v) is 7.02. The summed E-state index contributed by atoms with van der Waals surface area (Å²) in [5.41, 5.74) is 2.37. The van der Waals surface area contributed by atoms with Crippen molar-refractivity contribution in [3.8, 4) is 0 Å². The van der Waals surface area contributed by atoms with E-state index in [4.69, 9.17) is 0 Å². The predicted octanol–water partition coefficient (Wildman–Crippen LogP) is 2.63. The lowest BCUT2D eigenvalue weighted by Gasteiger charge is -2.18. The van der Waals surface area contributed by atoms with Crippen LogP contribution in [0.3, 0.4) is 0 Å². The largest absolute Gasteiger partial charge is 0.294 e. The van der Waals surface area contributed by atoms with Gasteiger partial charge in [0.05, 0.1) is 0 Å². The van der Waals surface area contributed by atoms with Crippen molar-refractivity contribution in [3.05, 3.63) is 23.8 Å². The molecule has 1 nitrogen and oxygen atoms in total. The summed E-state index contributed by atoms with van der Waals surface area (Å²) in [6.45, 7) is 5.68. The van der Waals surface area contributed by atoms with Gasteiger partial charge in [-0.3, -0.25) is 4.79 Å². The van der Waals surface area contributed by atoms with Gasteiger partial charge in [-0.05, 0) is 31.8 Å². The molecule has 60 valence electrons. The molecule has 0 N–H and O–H groups in total. The molecule has 1 heteroatoms. The van der Waals surface area contributed by atoms with Crippen LogP contribution in [0.5, 0.6) is 0 Å². The second-order valence-corrected chi connectivity index (χ2v) is 3.04. The highest BCUT2D eigenvalue weighted by atomic mass is 16.1. The Morgan fingerprint density at radius 2 is 2.36 bits per heavy atom. The number of allylic oxidation sites excluding steroid dienone is 3. The fourth-order valence-corrected chi connectivity index (χ4v) is 1.36. The molecule has 0 aromatic rings. The Morgan fingerprint density at radius 3 is 2.82 bits per heavy atom. The molecule has 0 aromatic carbocycles. The Labute approximate surface area is 67.8 Å². The molecule has 0 fully saturated rings. The van der Waals surface area contributed by atoms with E-state index in [0.29, 0.717) is 12.2 Å². The molecule has 0 atom stereocenters. The zero-order chi connectivity index (χ0) is 8.27. The molecule has 0 aromatic heterocycles. The van der Waals surface area contributed by atoms with Crippen molar-refractivity contribution in [2.24, 2.45) is 0 Å². The van der Waals surface area contributed by atoms with Gasteiger partial charge >= 0.3 is 0 Å². The van der Waals surface area contributed by atoms with Crippen molar-refractivity contribution in [1.82, 2.24) is 0 Å². The molecular formula is C10H14O. The third-order valence-corrected chi connectivity index (χ3v) is 2.11. The first-order chi connectivity index (χ1) is 5.25. The Hall–Kier alpha value is -0.850. The first-order valence-corrected chi connectivity index (χ1v) is 4.08. The SMILES string of the molecule is C=CCCCC1=C(C)CC1=O. The molecule has 0 spiro atoms. The summed E-state index contributed by atoms with van der Waals surface area (Å²) in [5, 5.41) is 0. The molecule has 0 radical (unpaired) electrons. The molecule has 1 aliphatic carbocycles. The van der Waals surface area contributed by atoms with Crippen LogP contribution < -0.4 is 0 Å². The zero-order valence-electron chi connectivity index (χ0n) is 7.02. The lowest BCUT2D eigenvalue weighted by molar-refractivity contribution is -0.116. The summed E-state index contributed by atoms with van der Waals surface area (Å²) < 4.78 is 0. The number of rotatable bonds is 4. The average Bonchev–Trinajstić information content (AvgIpc) is 1.98. The quantitative estimate of drug-likeness (QED) is 0.444. The van der Waals surface area contributed by atoms with Crippen molar-refractivity contribution in [2.45, 2.75) is 32.6 Å². The van der Waals surface area contributed by atoms with E-state index < -0.39 is 0 Å². The maximum absolute atomic E-state index is 11.0. The minimum atomic E-state index is 0.353. The molecule has 0 bridgehead atoms. The van der Waals surface area contributed by atoms with Crippen LogP contribution in [0.2, 0.25) is 0 Å². The van der Waals surface area contributed by atoms with Crippen LogP contribution in [0.15, 0.2) is 23.8 Å². The van der Waals surface area contributed by atoms with Gasteiger partial charge in [-0.15, -0.1) is 6.58 Å². The minimum absolute atomic E-state index is 0.353. The van der Waals surface area contributed by atoms with Crippen LogP contribution >= 0.6 is 0 Å². The second-order valence-electron chi connectivity index (χ2n) is 3.04. The summed E-state index contributed by atoms with van der Waals surface area (Å²) in [7, 11) is 0. The first-order valence-electron chi connectivity index (χ1n) is 4.08. The number of ketones is 1. The third-order valence-electron chi connectivity index (χ3n) is 2.11. The van der Waals surface area contributed by atoms with Gasteiger partial charge < -0.3 is 0 Å². The van der Waals surface area contributed by atoms with Crippen molar-refractivity contribution < 1.29 is 4.79 Å². The molecule has 0 heterocycles.